The maximum atomic E-state index is 11.9. The Labute approximate surface area is 120 Å². The van der Waals surface area contributed by atoms with E-state index < -0.39 is 29.7 Å². The van der Waals surface area contributed by atoms with Crippen LogP contribution in [0, 0.1) is 17.8 Å². The SMILES string of the molecule is O=c1[nH]c(=O)n([C@H]2C[C@H](O)[C@@H](CO)O2)cc1C#CC1CC1. The highest BCUT2D eigenvalue weighted by Crippen LogP contribution is 2.28. The molecule has 21 heavy (non-hydrogen) atoms. The van der Waals surface area contributed by atoms with Crippen molar-refractivity contribution in [3.05, 3.63) is 32.6 Å². The van der Waals surface area contributed by atoms with Gasteiger partial charge in [-0.05, 0) is 12.8 Å². The maximum Gasteiger partial charge on any atom is 0.330 e. The summed E-state index contributed by atoms with van der Waals surface area (Å²) < 4.78 is 6.62. The van der Waals surface area contributed by atoms with Crippen LogP contribution < -0.4 is 11.2 Å². The summed E-state index contributed by atoms with van der Waals surface area (Å²) in [5.74, 6) is 6.09. The summed E-state index contributed by atoms with van der Waals surface area (Å²) >= 11 is 0. The minimum Gasteiger partial charge on any atom is -0.394 e. The van der Waals surface area contributed by atoms with Crippen LogP contribution in [0.5, 0.6) is 0 Å². The third-order valence-corrected chi connectivity index (χ3v) is 3.65. The minimum absolute atomic E-state index is 0.173. The predicted molar refractivity (Wildman–Crippen MR) is 72.5 cm³/mol. The van der Waals surface area contributed by atoms with E-state index in [0.29, 0.717) is 5.92 Å². The number of aromatic nitrogens is 2. The van der Waals surface area contributed by atoms with Gasteiger partial charge in [-0.1, -0.05) is 11.8 Å². The van der Waals surface area contributed by atoms with Gasteiger partial charge in [0.1, 0.15) is 17.9 Å². The summed E-state index contributed by atoms with van der Waals surface area (Å²) in [6, 6.07) is 0. The van der Waals surface area contributed by atoms with Crippen molar-refractivity contribution in [3.8, 4) is 11.8 Å². The van der Waals surface area contributed by atoms with Gasteiger partial charge in [-0.25, -0.2) is 4.79 Å². The van der Waals surface area contributed by atoms with Crippen LogP contribution in [-0.4, -0.2) is 38.6 Å². The van der Waals surface area contributed by atoms with Crippen molar-refractivity contribution in [2.45, 2.75) is 37.7 Å². The number of aliphatic hydroxyl groups is 2. The van der Waals surface area contributed by atoms with Crippen LogP contribution in [0.25, 0.3) is 0 Å². The van der Waals surface area contributed by atoms with Gasteiger partial charge in [-0.2, -0.15) is 0 Å². The van der Waals surface area contributed by atoms with Crippen molar-refractivity contribution in [1.82, 2.24) is 9.55 Å². The molecule has 1 aliphatic carbocycles. The van der Waals surface area contributed by atoms with Gasteiger partial charge in [0, 0.05) is 18.5 Å². The van der Waals surface area contributed by atoms with Crippen LogP contribution in [0.1, 0.15) is 31.1 Å². The summed E-state index contributed by atoms with van der Waals surface area (Å²) in [4.78, 5) is 25.8. The van der Waals surface area contributed by atoms with E-state index in [1.807, 2.05) is 0 Å². The average molecular weight is 292 g/mol. The monoisotopic (exact) mass is 292 g/mol. The molecule has 3 rings (SSSR count). The van der Waals surface area contributed by atoms with E-state index in [1.165, 1.54) is 10.8 Å². The highest BCUT2D eigenvalue weighted by Gasteiger charge is 2.35. The lowest BCUT2D eigenvalue weighted by atomic mass is 10.2. The molecule has 2 fully saturated rings. The first kappa shape index (κ1) is 14.1. The second-order valence-electron chi connectivity index (χ2n) is 5.37. The molecule has 0 amide bonds. The number of hydrogen-bond donors (Lipinski definition) is 3. The Morgan fingerprint density at radius 2 is 2.19 bits per heavy atom. The number of rotatable bonds is 2. The van der Waals surface area contributed by atoms with Crippen LogP contribution in [0.2, 0.25) is 0 Å². The third kappa shape index (κ3) is 2.93. The fourth-order valence-electron chi connectivity index (χ4n) is 2.25. The number of H-pyrrole nitrogens is 1. The molecule has 1 aromatic rings. The highest BCUT2D eigenvalue weighted by molar-refractivity contribution is 5.31. The topological polar surface area (TPSA) is 105 Å². The molecule has 0 spiro atoms. The minimum atomic E-state index is -0.847. The van der Waals surface area contributed by atoms with Gasteiger partial charge in [0.2, 0.25) is 0 Å². The normalized spacial score (nSPS) is 28.2. The Morgan fingerprint density at radius 3 is 2.81 bits per heavy atom. The Hall–Kier alpha value is -1.88. The molecule has 0 radical (unpaired) electrons. The van der Waals surface area contributed by atoms with E-state index in [0.717, 1.165) is 12.8 Å². The molecule has 2 aliphatic rings. The number of nitrogens with zero attached hydrogens (tertiary/aromatic N) is 1. The van der Waals surface area contributed by atoms with Gasteiger partial charge in [0.05, 0.1) is 12.7 Å². The smallest absolute Gasteiger partial charge is 0.330 e. The summed E-state index contributed by atoms with van der Waals surface area (Å²) in [6.07, 6.45) is 1.32. The molecule has 7 nitrogen and oxygen atoms in total. The molecule has 0 aromatic carbocycles. The average Bonchev–Trinajstić information content (AvgIpc) is 3.20. The Balaban J connectivity index is 1.92. The molecule has 0 unspecified atom stereocenters. The Bertz CT molecular complexity index is 707. The summed E-state index contributed by atoms with van der Waals surface area (Å²) in [5.41, 5.74) is -0.943. The van der Waals surface area contributed by atoms with E-state index in [-0.39, 0.29) is 18.6 Å². The van der Waals surface area contributed by atoms with Crippen LogP contribution in [0.4, 0.5) is 0 Å². The molecule has 1 saturated carbocycles. The lowest BCUT2D eigenvalue weighted by molar-refractivity contribution is -0.0459. The number of ether oxygens (including phenoxy) is 1. The first-order chi connectivity index (χ1) is 10.1. The molecular weight excluding hydrogens is 276 g/mol. The van der Waals surface area contributed by atoms with Gasteiger partial charge < -0.3 is 14.9 Å². The fraction of sp³-hybridized carbons (Fsp3) is 0.571. The maximum absolute atomic E-state index is 11.9. The van der Waals surface area contributed by atoms with Crippen LogP contribution >= 0.6 is 0 Å². The standard InChI is InChI=1S/C14H16N2O5/c17-7-11-10(18)5-12(21-11)16-6-9(4-3-8-1-2-8)13(19)15-14(16)20/h6,8,10-12,17-18H,1-2,5,7H2,(H,15,19,20)/t10-,11+,12+/m0/s1. The fourth-order valence-corrected chi connectivity index (χ4v) is 2.25. The first-order valence-electron chi connectivity index (χ1n) is 6.90. The second-order valence-corrected chi connectivity index (χ2v) is 5.37. The summed E-state index contributed by atoms with van der Waals surface area (Å²) in [5, 5.41) is 18.8. The van der Waals surface area contributed by atoms with Gasteiger partial charge in [0.15, 0.2) is 0 Å². The zero-order chi connectivity index (χ0) is 15.0. The van der Waals surface area contributed by atoms with Crippen molar-refractivity contribution < 1.29 is 14.9 Å². The lowest BCUT2D eigenvalue weighted by Crippen LogP contribution is -2.33. The predicted octanol–water partition coefficient (Wildman–Crippen LogP) is -1.06. The molecular formula is C14H16N2O5. The molecule has 0 bridgehead atoms. The van der Waals surface area contributed by atoms with Crippen molar-refractivity contribution in [2.75, 3.05) is 6.61 Å². The Morgan fingerprint density at radius 1 is 1.43 bits per heavy atom. The van der Waals surface area contributed by atoms with E-state index in [2.05, 4.69) is 16.8 Å². The zero-order valence-corrected chi connectivity index (χ0v) is 11.3. The van der Waals surface area contributed by atoms with Crippen molar-refractivity contribution in [3.63, 3.8) is 0 Å². The molecule has 3 atom stereocenters. The van der Waals surface area contributed by atoms with Gasteiger partial charge in [-0.15, -0.1) is 0 Å². The van der Waals surface area contributed by atoms with Gasteiger partial charge in [0.25, 0.3) is 5.56 Å². The van der Waals surface area contributed by atoms with Crippen LogP contribution in [-0.2, 0) is 4.74 Å². The molecule has 1 saturated heterocycles. The molecule has 112 valence electrons. The van der Waals surface area contributed by atoms with E-state index in [9.17, 15) is 14.7 Å². The lowest BCUT2D eigenvalue weighted by Gasteiger charge is -2.14. The van der Waals surface area contributed by atoms with Crippen LogP contribution in [0.15, 0.2) is 15.8 Å². The van der Waals surface area contributed by atoms with Crippen molar-refractivity contribution in [1.29, 1.82) is 0 Å². The summed E-state index contributed by atoms with van der Waals surface area (Å²) in [6.45, 7) is -0.329. The number of aliphatic hydroxyl groups excluding tert-OH is 2. The molecule has 1 aliphatic heterocycles. The van der Waals surface area contributed by atoms with Gasteiger partial charge in [-0.3, -0.25) is 14.3 Å². The van der Waals surface area contributed by atoms with Crippen molar-refractivity contribution in [2.24, 2.45) is 5.92 Å². The van der Waals surface area contributed by atoms with E-state index in [1.54, 1.807) is 0 Å². The molecule has 7 heteroatoms. The highest BCUT2D eigenvalue weighted by atomic mass is 16.5. The summed E-state index contributed by atoms with van der Waals surface area (Å²) in [7, 11) is 0. The largest absolute Gasteiger partial charge is 0.394 e. The quantitative estimate of drug-likeness (QED) is 0.603. The first-order valence-corrected chi connectivity index (χ1v) is 6.90. The number of nitrogens with one attached hydrogen (secondary N) is 1. The van der Waals surface area contributed by atoms with E-state index in [4.69, 9.17) is 9.84 Å². The van der Waals surface area contributed by atoms with Crippen molar-refractivity contribution >= 4 is 0 Å². The number of aromatic amines is 1. The second kappa shape index (κ2) is 5.48. The molecule has 1 aromatic heterocycles. The molecule has 3 N–H and O–H groups in total. The number of hydrogen-bond acceptors (Lipinski definition) is 5. The zero-order valence-electron chi connectivity index (χ0n) is 11.3. The third-order valence-electron chi connectivity index (χ3n) is 3.65. The Kier molecular flexibility index (Phi) is 3.68. The molecule has 2 heterocycles. The van der Waals surface area contributed by atoms with Gasteiger partial charge >= 0.3 is 5.69 Å². The van der Waals surface area contributed by atoms with Crippen LogP contribution in [0.3, 0.4) is 0 Å². The van der Waals surface area contributed by atoms with E-state index >= 15 is 0 Å².